The van der Waals surface area contributed by atoms with Crippen molar-refractivity contribution in [1.29, 1.82) is 0 Å². The first-order valence-electron chi connectivity index (χ1n) is 10.3. The van der Waals surface area contributed by atoms with Crippen LogP contribution in [0, 0.1) is 5.92 Å². The molecule has 2 saturated heterocycles. The van der Waals surface area contributed by atoms with Crippen LogP contribution < -0.4 is 4.90 Å². The van der Waals surface area contributed by atoms with Crippen molar-refractivity contribution >= 4 is 17.9 Å². The zero-order valence-electron chi connectivity index (χ0n) is 18.0. The highest BCUT2D eigenvalue weighted by atomic mass is 19.4. The molecule has 2 aliphatic heterocycles. The number of ether oxygens (including phenoxy) is 1. The minimum atomic E-state index is -4.48. The molecule has 0 unspecified atom stereocenters. The Morgan fingerprint density at radius 3 is 2.16 bits per heavy atom. The van der Waals surface area contributed by atoms with Crippen LogP contribution in [0.3, 0.4) is 0 Å². The molecule has 0 N–H and O–H groups in total. The lowest BCUT2D eigenvalue weighted by atomic mass is 9.96. The number of hydrogen-bond donors (Lipinski definition) is 0. The van der Waals surface area contributed by atoms with Crippen LogP contribution in [0.5, 0.6) is 0 Å². The predicted octanol–water partition coefficient (Wildman–Crippen LogP) is 2.79. The summed E-state index contributed by atoms with van der Waals surface area (Å²) in [5.41, 5.74) is -1.48. The number of halogens is 3. The maximum absolute atomic E-state index is 13.0. The summed E-state index contributed by atoms with van der Waals surface area (Å²) in [7, 11) is 0. The highest BCUT2D eigenvalue weighted by Crippen LogP contribution is 2.28. The second kappa shape index (κ2) is 8.88. The molecule has 0 saturated carbocycles. The van der Waals surface area contributed by atoms with Crippen molar-refractivity contribution in [3.63, 3.8) is 0 Å². The van der Waals surface area contributed by atoms with Gasteiger partial charge in [-0.25, -0.2) is 14.8 Å². The Balaban J connectivity index is 1.53. The lowest BCUT2D eigenvalue weighted by molar-refractivity contribution is -0.138. The molecule has 0 spiro atoms. The standard InChI is InChI=1S/C20H28F3N5O3/c1-19(2,3)31-18(30)28-6-4-5-14(13-28)16(29)26-7-9-27(10-8-26)17-24-11-15(12-25-17)20(21,22)23/h11-12,14H,4-10,13H2,1-3H3/t14-/m0/s1. The van der Waals surface area contributed by atoms with Crippen LogP contribution in [0.15, 0.2) is 12.4 Å². The Morgan fingerprint density at radius 1 is 1.00 bits per heavy atom. The summed E-state index contributed by atoms with van der Waals surface area (Å²) >= 11 is 0. The molecule has 8 nitrogen and oxygen atoms in total. The van der Waals surface area contributed by atoms with Crippen LogP contribution in [0.2, 0.25) is 0 Å². The second-order valence-electron chi connectivity index (χ2n) is 8.85. The van der Waals surface area contributed by atoms with E-state index in [1.165, 1.54) is 0 Å². The van der Waals surface area contributed by atoms with Gasteiger partial charge in [0.15, 0.2) is 0 Å². The first-order chi connectivity index (χ1) is 14.4. The SMILES string of the molecule is CC(C)(C)OC(=O)N1CCC[C@H](C(=O)N2CCN(c3ncc(C(F)(F)F)cn3)CC2)C1. The van der Waals surface area contributed by atoms with Gasteiger partial charge in [-0.15, -0.1) is 0 Å². The van der Waals surface area contributed by atoms with Crippen LogP contribution in [-0.2, 0) is 15.7 Å². The number of anilines is 1. The molecular formula is C20H28F3N5O3. The van der Waals surface area contributed by atoms with Crippen molar-refractivity contribution in [3.05, 3.63) is 18.0 Å². The average Bonchev–Trinajstić information content (AvgIpc) is 2.72. The van der Waals surface area contributed by atoms with E-state index < -0.39 is 23.4 Å². The van der Waals surface area contributed by atoms with Gasteiger partial charge in [0.1, 0.15) is 5.60 Å². The molecular weight excluding hydrogens is 415 g/mol. The van der Waals surface area contributed by atoms with E-state index in [-0.39, 0.29) is 17.8 Å². The first kappa shape index (κ1) is 23.1. The van der Waals surface area contributed by atoms with Crippen molar-refractivity contribution < 1.29 is 27.5 Å². The molecule has 2 amide bonds. The van der Waals surface area contributed by atoms with E-state index in [9.17, 15) is 22.8 Å². The molecule has 3 rings (SSSR count). The summed E-state index contributed by atoms with van der Waals surface area (Å²) in [5, 5.41) is 0. The number of piperidine rings is 1. The maximum atomic E-state index is 13.0. The average molecular weight is 443 g/mol. The zero-order chi connectivity index (χ0) is 22.8. The number of amides is 2. The number of aromatic nitrogens is 2. The van der Waals surface area contributed by atoms with Crippen molar-refractivity contribution in [1.82, 2.24) is 19.8 Å². The minimum Gasteiger partial charge on any atom is -0.444 e. The van der Waals surface area contributed by atoms with E-state index >= 15 is 0 Å². The highest BCUT2D eigenvalue weighted by molar-refractivity contribution is 5.80. The second-order valence-corrected chi connectivity index (χ2v) is 8.85. The smallest absolute Gasteiger partial charge is 0.419 e. The molecule has 0 aliphatic carbocycles. The molecule has 2 fully saturated rings. The van der Waals surface area contributed by atoms with Gasteiger partial charge < -0.3 is 19.4 Å². The normalized spacial score (nSPS) is 20.6. The summed E-state index contributed by atoms with van der Waals surface area (Å²) in [6, 6.07) is 0. The number of rotatable bonds is 2. The lowest BCUT2D eigenvalue weighted by Gasteiger charge is -2.39. The third-order valence-corrected chi connectivity index (χ3v) is 5.26. The topological polar surface area (TPSA) is 78.9 Å². The van der Waals surface area contributed by atoms with E-state index in [2.05, 4.69) is 9.97 Å². The zero-order valence-corrected chi connectivity index (χ0v) is 18.0. The molecule has 1 aromatic rings. The molecule has 0 aromatic carbocycles. The Bertz CT molecular complexity index is 787. The minimum absolute atomic E-state index is 0.0127. The highest BCUT2D eigenvalue weighted by Gasteiger charge is 2.35. The van der Waals surface area contributed by atoms with Gasteiger partial charge in [0.05, 0.1) is 11.5 Å². The molecule has 0 bridgehead atoms. The predicted molar refractivity (Wildman–Crippen MR) is 106 cm³/mol. The number of carbonyl (C=O) groups excluding carboxylic acids is 2. The Morgan fingerprint density at radius 2 is 1.61 bits per heavy atom. The van der Waals surface area contributed by atoms with Crippen molar-refractivity contribution in [2.75, 3.05) is 44.2 Å². The monoisotopic (exact) mass is 443 g/mol. The third kappa shape index (κ3) is 5.98. The third-order valence-electron chi connectivity index (χ3n) is 5.26. The van der Waals surface area contributed by atoms with Crippen LogP contribution in [0.25, 0.3) is 0 Å². The van der Waals surface area contributed by atoms with Gasteiger partial charge in [0.2, 0.25) is 11.9 Å². The Kier molecular flexibility index (Phi) is 6.61. The van der Waals surface area contributed by atoms with E-state index in [0.717, 1.165) is 18.8 Å². The van der Waals surface area contributed by atoms with E-state index in [1.807, 2.05) is 0 Å². The maximum Gasteiger partial charge on any atom is 0.419 e. The summed E-state index contributed by atoms with van der Waals surface area (Å²) in [4.78, 5) is 38.0. The van der Waals surface area contributed by atoms with Gasteiger partial charge in [-0.1, -0.05) is 0 Å². The van der Waals surface area contributed by atoms with Gasteiger partial charge >= 0.3 is 12.3 Å². The molecule has 1 aromatic heterocycles. The lowest BCUT2D eigenvalue weighted by Crippen LogP contribution is -2.53. The number of hydrogen-bond acceptors (Lipinski definition) is 6. The van der Waals surface area contributed by atoms with Crippen LogP contribution in [0.1, 0.15) is 39.2 Å². The Hall–Kier alpha value is -2.59. The summed E-state index contributed by atoms with van der Waals surface area (Å²) in [5.74, 6) is -0.0785. The molecule has 11 heteroatoms. The molecule has 0 radical (unpaired) electrons. The molecule has 31 heavy (non-hydrogen) atoms. The number of alkyl halides is 3. The molecule has 2 aliphatic rings. The van der Waals surface area contributed by atoms with Crippen LogP contribution in [-0.4, -0.2) is 76.6 Å². The quantitative estimate of drug-likeness (QED) is 0.700. The number of likely N-dealkylation sites (tertiary alicyclic amines) is 1. The van der Waals surface area contributed by atoms with Gasteiger partial charge in [-0.05, 0) is 33.6 Å². The fourth-order valence-electron chi connectivity index (χ4n) is 3.69. The van der Waals surface area contributed by atoms with Crippen molar-refractivity contribution in [2.45, 2.75) is 45.4 Å². The number of nitrogens with zero attached hydrogens (tertiary/aromatic N) is 5. The van der Waals surface area contributed by atoms with E-state index in [0.29, 0.717) is 45.7 Å². The van der Waals surface area contributed by atoms with Gasteiger partial charge in [-0.3, -0.25) is 4.79 Å². The van der Waals surface area contributed by atoms with Crippen LogP contribution >= 0.6 is 0 Å². The van der Waals surface area contributed by atoms with Crippen LogP contribution in [0.4, 0.5) is 23.9 Å². The largest absolute Gasteiger partial charge is 0.444 e. The fourth-order valence-corrected chi connectivity index (χ4v) is 3.69. The van der Waals surface area contributed by atoms with Crippen molar-refractivity contribution in [2.24, 2.45) is 5.92 Å². The van der Waals surface area contributed by atoms with Gasteiger partial charge in [0, 0.05) is 51.7 Å². The van der Waals surface area contributed by atoms with Crippen molar-refractivity contribution in [3.8, 4) is 0 Å². The summed E-state index contributed by atoms with van der Waals surface area (Å²) < 4.78 is 43.4. The molecule has 3 heterocycles. The van der Waals surface area contributed by atoms with E-state index in [1.54, 1.807) is 35.5 Å². The summed E-state index contributed by atoms with van der Waals surface area (Å²) in [6.45, 7) is 8.01. The molecule has 1 atom stereocenters. The molecule has 172 valence electrons. The van der Waals surface area contributed by atoms with Gasteiger partial charge in [0.25, 0.3) is 0 Å². The Labute approximate surface area is 179 Å². The fraction of sp³-hybridized carbons (Fsp3) is 0.700. The van der Waals surface area contributed by atoms with Gasteiger partial charge in [-0.2, -0.15) is 13.2 Å². The first-order valence-corrected chi connectivity index (χ1v) is 10.3. The summed E-state index contributed by atoms with van der Waals surface area (Å²) in [6.07, 6.45) is -1.90. The number of carbonyl (C=O) groups is 2. The van der Waals surface area contributed by atoms with E-state index in [4.69, 9.17) is 4.74 Å². The number of piperazine rings is 1.